The molecular weight excluding hydrogens is 502 g/mol. The van der Waals surface area contributed by atoms with Gasteiger partial charge in [0.25, 0.3) is 0 Å². The van der Waals surface area contributed by atoms with Crippen LogP contribution >= 0.6 is 12.2 Å². The Morgan fingerprint density at radius 1 is 1.05 bits per heavy atom. The molecule has 0 atom stereocenters. The van der Waals surface area contributed by atoms with E-state index in [0.29, 0.717) is 35.9 Å². The molecule has 0 radical (unpaired) electrons. The highest BCUT2D eigenvalue weighted by Crippen LogP contribution is 2.30. The van der Waals surface area contributed by atoms with Crippen molar-refractivity contribution in [2.75, 3.05) is 18.5 Å². The average Bonchev–Trinajstić information content (AvgIpc) is 3.38. The Morgan fingerprint density at radius 2 is 1.89 bits per heavy atom. The van der Waals surface area contributed by atoms with Gasteiger partial charge in [0.2, 0.25) is 5.88 Å². The minimum Gasteiger partial charge on any atom is -0.439 e. The normalized spacial score (nSPS) is 11.7. The van der Waals surface area contributed by atoms with E-state index in [0.717, 1.165) is 32.6 Å². The van der Waals surface area contributed by atoms with Crippen molar-refractivity contribution in [1.82, 2.24) is 29.5 Å². The molecule has 0 saturated carbocycles. The van der Waals surface area contributed by atoms with Crippen LogP contribution in [0.4, 0.5) is 11.5 Å². The topological polar surface area (TPSA) is 131 Å². The van der Waals surface area contributed by atoms with Crippen LogP contribution in [0.1, 0.15) is 24.5 Å². The predicted octanol–water partition coefficient (Wildman–Crippen LogP) is 4.21. The monoisotopic (exact) mass is 529 g/mol. The number of nitrogens with zero attached hydrogens (tertiary/aromatic N) is 6. The lowest BCUT2D eigenvalue weighted by Crippen LogP contribution is -2.29. The number of hydrogen-bond donors (Lipinski definition) is 3. The lowest BCUT2D eigenvalue weighted by Gasteiger charge is -2.24. The van der Waals surface area contributed by atoms with Crippen LogP contribution < -0.4 is 10.1 Å². The Labute approximate surface area is 224 Å². The number of hydrogen-bond acceptors (Lipinski definition) is 10. The third-order valence-corrected chi connectivity index (χ3v) is 6.59. The van der Waals surface area contributed by atoms with Gasteiger partial charge in [0, 0.05) is 29.0 Å². The molecule has 3 N–H and O–H groups in total. The van der Waals surface area contributed by atoms with E-state index in [1.807, 2.05) is 50.2 Å². The number of aliphatic hydroxyl groups excluding tert-OH is 2. The van der Waals surface area contributed by atoms with E-state index < -0.39 is 5.41 Å². The van der Waals surface area contributed by atoms with E-state index in [4.69, 9.17) is 17.0 Å². The molecule has 0 aliphatic rings. The zero-order valence-corrected chi connectivity index (χ0v) is 21.8. The lowest BCUT2D eigenvalue weighted by atomic mass is 9.86. The number of benzene rings is 2. The minimum absolute atomic E-state index is 0.125. The summed E-state index contributed by atoms with van der Waals surface area (Å²) < 4.78 is 7.68. The Kier molecular flexibility index (Phi) is 7.23. The van der Waals surface area contributed by atoms with Crippen molar-refractivity contribution in [1.29, 1.82) is 0 Å². The van der Waals surface area contributed by atoms with Gasteiger partial charge in [-0.3, -0.25) is 4.40 Å². The molecule has 5 rings (SSSR count). The second-order valence-corrected chi connectivity index (χ2v) is 10.2. The number of thiocarbonyl (C=S) groups is 1. The highest BCUT2D eigenvalue weighted by Gasteiger charge is 2.24. The van der Waals surface area contributed by atoms with Crippen molar-refractivity contribution >= 4 is 45.1 Å². The van der Waals surface area contributed by atoms with Gasteiger partial charge in [-0.25, -0.2) is 15.0 Å². The van der Waals surface area contributed by atoms with Gasteiger partial charge in [0.15, 0.2) is 5.65 Å². The fourth-order valence-corrected chi connectivity index (χ4v) is 4.61. The first kappa shape index (κ1) is 25.6. The molecule has 3 aromatic heterocycles. The summed E-state index contributed by atoms with van der Waals surface area (Å²) in [7, 11) is 0. The van der Waals surface area contributed by atoms with Crippen molar-refractivity contribution in [3.63, 3.8) is 0 Å². The Balaban J connectivity index is 1.34. The SMILES string of the molecule is Cc1cc(Nc2ncnc3ccc(CC(=S)CC(C)(CO)CO)cc23)ccc1Oc1cc2nncn2cn1. The third-order valence-electron chi connectivity index (χ3n) is 6.30. The summed E-state index contributed by atoms with van der Waals surface area (Å²) in [6, 6.07) is 13.4. The van der Waals surface area contributed by atoms with Crippen LogP contribution in [0.15, 0.2) is 61.4 Å². The third kappa shape index (κ3) is 5.59. The number of fused-ring (bicyclic) bond motifs is 2. The Bertz CT molecular complexity index is 1620. The number of aryl methyl sites for hydroxylation is 1. The highest BCUT2D eigenvalue weighted by atomic mass is 32.1. The summed E-state index contributed by atoms with van der Waals surface area (Å²) in [6.45, 7) is 3.53. The Morgan fingerprint density at radius 3 is 2.68 bits per heavy atom. The predicted molar refractivity (Wildman–Crippen MR) is 148 cm³/mol. The van der Waals surface area contributed by atoms with Gasteiger partial charge < -0.3 is 20.3 Å². The van der Waals surface area contributed by atoms with Gasteiger partial charge in [-0.2, -0.15) is 0 Å². The van der Waals surface area contributed by atoms with E-state index in [2.05, 4.69) is 30.5 Å². The molecule has 11 heteroatoms. The van der Waals surface area contributed by atoms with Crippen molar-refractivity contribution < 1.29 is 14.9 Å². The molecule has 194 valence electrons. The number of aromatic nitrogens is 6. The second kappa shape index (κ2) is 10.7. The molecule has 0 fully saturated rings. The molecule has 0 aliphatic carbocycles. The number of ether oxygens (including phenoxy) is 1. The smallest absolute Gasteiger partial charge is 0.224 e. The molecule has 0 aliphatic heterocycles. The first-order valence-corrected chi connectivity index (χ1v) is 12.4. The molecule has 10 nitrogen and oxygen atoms in total. The summed E-state index contributed by atoms with van der Waals surface area (Å²) in [5.74, 6) is 1.78. The summed E-state index contributed by atoms with van der Waals surface area (Å²) >= 11 is 5.58. The standard InChI is InChI=1S/C27H27N7O3S/c1-17-7-19(4-6-23(17)37-25-10-24-33-31-16-34(24)15-30-25)32-26-21-9-18(3-5-22(21)28-14-29-26)8-20(38)11-27(2,12-35)13-36/h3-7,9-10,14-16,35-36H,8,11-13H2,1-2H3,(H,28,29,32). The minimum atomic E-state index is -0.628. The first-order valence-electron chi connectivity index (χ1n) is 12.0. The molecule has 5 aromatic rings. The summed E-state index contributed by atoms with van der Waals surface area (Å²) in [4.78, 5) is 13.9. The fourth-order valence-electron chi connectivity index (χ4n) is 4.10. The van der Waals surface area contributed by atoms with Crippen molar-refractivity contribution in [3.05, 3.63) is 72.6 Å². The van der Waals surface area contributed by atoms with Crippen LogP contribution in [-0.2, 0) is 6.42 Å². The van der Waals surface area contributed by atoms with Gasteiger partial charge in [0.05, 0.1) is 18.7 Å². The van der Waals surface area contributed by atoms with Gasteiger partial charge in [0.1, 0.15) is 30.5 Å². The molecule has 3 heterocycles. The van der Waals surface area contributed by atoms with Crippen molar-refractivity contribution in [2.24, 2.45) is 5.41 Å². The van der Waals surface area contributed by atoms with Gasteiger partial charge >= 0.3 is 0 Å². The maximum Gasteiger partial charge on any atom is 0.224 e. The zero-order chi connectivity index (χ0) is 26.7. The molecule has 0 amide bonds. The van der Waals surface area contributed by atoms with E-state index in [-0.39, 0.29) is 13.2 Å². The summed E-state index contributed by atoms with van der Waals surface area (Å²) in [5, 5.41) is 31.3. The average molecular weight is 530 g/mol. The van der Waals surface area contributed by atoms with Crippen LogP contribution in [-0.4, -0.2) is 57.8 Å². The van der Waals surface area contributed by atoms with E-state index in [1.165, 1.54) is 6.33 Å². The van der Waals surface area contributed by atoms with Crippen LogP contribution in [0.5, 0.6) is 11.6 Å². The van der Waals surface area contributed by atoms with Crippen molar-refractivity contribution in [3.8, 4) is 11.6 Å². The zero-order valence-electron chi connectivity index (χ0n) is 21.0. The van der Waals surface area contributed by atoms with Gasteiger partial charge in [-0.05, 0) is 59.7 Å². The van der Waals surface area contributed by atoms with Gasteiger partial charge in [-0.15, -0.1) is 10.2 Å². The fraction of sp³-hybridized carbons (Fsp3) is 0.259. The second-order valence-electron chi connectivity index (χ2n) is 9.62. The Hall–Kier alpha value is -4.06. The molecule has 0 saturated heterocycles. The highest BCUT2D eigenvalue weighted by molar-refractivity contribution is 7.80. The van der Waals surface area contributed by atoms with E-state index in [9.17, 15) is 10.2 Å². The summed E-state index contributed by atoms with van der Waals surface area (Å²) in [5.41, 5.74) is 3.60. The first-order chi connectivity index (χ1) is 18.4. The quantitative estimate of drug-likeness (QED) is 0.226. The molecule has 38 heavy (non-hydrogen) atoms. The van der Waals surface area contributed by atoms with Crippen LogP contribution in [0, 0.1) is 12.3 Å². The number of rotatable bonds is 10. The largest absolute Gasteiger partial charge is 0.439 e. The molecule has 0 spiro atoms. The van der Waals surface area contributed by atoms with E-state index in [1.54, 1.807) is 23.1 Å². The van der Waals surface area contributed by atoms with Crippen LogP contribution in [0.25, 0.3) is 16.6 Å². The number of aliphatic hydroxyl groups is 2. The van der Waals surface area contributed by atoms with Crippen LogP contribution in [0.2, 0.25) is 0 Å². The van der Waals surface area contributed by atoms with Crippen LogP contribution in [0.3, 0.4) is 0 Å². The molecular formula is C27H27N7O3S. The van der Waals surface area contributed by atoms with E-state index >= 15 is 0 Å². The molecule has 2 aromatic carbocycles. The molecule has 0 bridgehead atoms. The number of anilines is 2. The van der Waals surface area contributed by atoms with Crippen molar-refractivity contribution in [2.45, 2.75) is 26.7 Å². The lowest BCUT2D eigenvalue weighted by molar-refractivity contribution is 0.0763. The summed E-state index contributed by atoms with van der Waals surface area (Å²) in [6.07, 6.45) is 5.72. The number of nitrogens with one attached hydrogen (secondary N) is 1. The maximum absolute atomic E-state index is 9.60. The maximum atomic E-state index is 9.60. The van der Waals surface area contributed by atoms with Gasteiger partial charge in [-0.1, -0.05) is 25.2 Å². The molecule has 0 unspecified atom stereocenters.